The Kier molecular flexibility index (Phi) is 11.6. The third kappa shape index (κ3) is 7.23. The number of nitrogens with zero attached hydrogens (tertiary/aromatic N) is 2. The first-order valence-corrected chi connectivity index (χ1v) is 19.8. The highest BCUT2D eigenvalue weighted by molar-refractivity contribution is 7.67. The fourth-order valence-corrected chi connectivity index (χ4v) is 15.7. The van der Waals surface area contributed by atoms with E-state index in [2.05, 4.69) is 37.3 Å². The summed E-state index contributed by atoms with van der Waals surface area (Å²) in [5.41, 5.74) is 10.1. The summed E-state index contributed by atoms with van der Waals surface area (Å²) >= 11 is 0. The third-order valence-electron chi connectivity index (χ3n) is 10.5. The van der Waals surface area contributed by atoms with Gasteiger partial charge in [-0.1, -0.05) is 89.2 Å². The van der Waals surface area contributed by atoms with E-state index in [9.17, 15) is 0 Å². The van der Waals surface area contributed by atoms with Gasteiger partial charge in [0.05, 0.1) is 22.3 Å². The van der Waals surface area contributed by atoms with E-state index in [1.165, 1.54) is 151 Å². The number of rotatable bonds is 7. The number of hydrogen-bond acceptors (Lipinski definition) is 2. The van der Waals surface area contributed by atoms with Crippen LogP contribution in [-0.4, -0.2) is 41.0 Å². The van der Waals surface area contributed by atoms with Crippen LogP contribution in [0.4, 0.5) is 0 Å². The lowest BCUT2D eigenvalue weighted by Crippen LogP contribution is -2.28. The molecule has 2 aromatic heterocycles. The Morgan fingerprint density at radius 3 is 1.32 bits per heavy atom. The molecule has 215 valence electrons. The predicted molar refractivity (Wildman–Crippen MR) is 179 cm³/mol. The van der Waals surface area contributed by atoms with Crippen molar-refractivity contribution >= 4 is 35.1 Å². The van der Waals surface area contributed by atoms with Crippen LogP contribution in [0.3, 0.4) is 0 Å². The van der Waals surface area contributed by atoms with Gasteiger partial charge in [-0.2, -0.15) is 0 Å². The van der Waals surface area contributed by atoms with Crippen LogP contribution in [-0.2, 0) is 0 Å². The Morgan fingerprint density at radius 2 is 0.900 bits per heavy atom. The number of pyridine rings is 2. The normalized spacial score (nSPS) is 22.5. The topological polar surface area (TPSA) is 25.8 Å². The Balaban J connectivity index is 0.00000323. The molecule has 0 bridgehead atoms. The van der Waals surface area contributed by atoms with Gasteiger partial charge in [0.2, 0.25) is 0 Å². The van der Waals surface area contributed by atoms with E-state index in [0.29, 0.717) is 0 Å². The molecule has 6 rings (SSSR count). The fraction of sp³-hybridized carbons (Fsp3) is 0.714. The Labute approximate surface area is 249 Å². The zero-order chi connectivity index (χ0) is 26.4. The highest BCUT2D eigenvalue weighted by Gasteiger charge is 2.35. The van der Waals surface area contributed by atoms with Gasteiger partial charge in [-0.25, -0.2) is 9.97 Å². The van der Waals surface area contributed by atoms with Crippen molar-refractivity contribution in [3.63, 3.8) is 0 Å². The van der Waals surface area contributed by atoms with Crippen molar-refractivity contribution in [2.45, 2.75) is 158 Å². The van der Waals surface area contributed by atoms with Gasteiger partial charge >= 0.3 is 0 Å². The minimum Gasteiger partial charge on any atom is -0.246 e. The van der Waals surface area contributed by atoms with Crippen molar-refractivity contribution in [2.75, 3.05) is 0 Å². The van der Waals surface area contributed by atoms with Crippen LogP contribution in [0.2, 0.25) is 0 Å². The second-order valence-electron chi connectivity index (χ2n) is 13.2. The molecule has 0 N–H and O–H groups in total. The summed E-state index contributed by atoms with van der Waals surface area (Å²) in [5.74, 6) is 0. The van der Waals surface area contributed by atoms with Gasteiger partial charge in [0.15, 0.2) is 0 Å². The molecule has 4 saturated carbocycles. The maximum Gasteiger partial charge on any atom is 0.0923 e. The molecular weight excluding hydrogens is 521 g/mol. The van der Waals surface area contributed by atoms with E-state index < -0.39 is 0 Å². The van der Waals surface area contributed by atoms with E-state index in [1.807, 2.05) is 0 Å². The largest absolute Gasteiger partial charge is 0.246 e. The molecule has 2 aromatic rings. The van der Waals surface area contributed by atoms with Crippen molar-refractivity contribution in [1.82, 2.24) is 9.97 Å². The smallest absolute Gasteiger partial charge is 0.0923 e. The number of hydrogen-bond donors (Lipinski definition) is 0. The van der Waals surface area contributed by atoms with E-state index in [1.54, 1.807) is 0 Å². The van der Waals surface area contributed by atoms with Crippen molar-refractivity contribution in [3.8, 4) is 11.4 Å². The monoisotopic (exact) mass is 573 g/mol. The highest BCUT2D eigenvalue weighted by Crippen LogP contribution is 2.56. The lowest BCUT2D eigenvalue weighted by molar-refractivity contribution is 0.486. The van der Waals surface area contributed by atoms with Gasteiger partial charge in [-0.3, -0.25) is 0 Å². The summed E-state index contributed by atoms with van der Waals surface area (Å²) in [4.78, 5) is 11.1. The second kappa shape index (κ2) is 15.1. The van der Waals surface area contributed by atoms with Crippen LogP contribution < -0.4 is 10.9 Å². The molecule has 2 nitrogen and oxygen atoms in total. The molecule has 0 aliphatic heterocycles. The maximum absolute atomic E-state index is 5.59. The predicted octanol–water partition coefficient (Wildman–Crippen LogP) is 9.62. The van der Waals surface area contributed by atoms with Crippen LogP contribution in [0.15, 0.2) is 30.3 Å². The van der Waals surface area contributed by atoms with Crippen LogP contribution in [0, 0.1) is 6.92 Å². The first kappa shape index (κ1) is 30.7. The minimum absolute atomic E-state index is 0. The van der Waals surface area contributed by atoms with Gasteiger partial charge in [0.1, 0.15) is 0 Å². The van der Waals surface area contributed by atoms with Crippen molar-refractivity contribution in [2.24, 2.45) is 0 Å². The van der Waals surface area contributed by atoms with Crippen LogP contribution in [0.1, 0.15) is 134 Å². The van der Waals surface area contributed by atoms with Crippen molar-refractivity contribution < 1.29 is 0 Å². The zero-order valence-electron chi connectivity index (χ0n) is 25.2. The molecule has 0 unspecified atom stereocenters. The molecule has 0 aromatic carbocycles. The summed E-state index contributed by atoms with van der Waals surface area (Å²) in [5, 5.41) is 0. The molecule has 0 saturated heterocycles. The summed E-state index contributed by atoms with van der Waals surface area (Å²) in [6.45, 7) is 2.27. The summed E-state index contributed by atoms with van der Waals surface area (Å²) in [7, 11) is -0.370. The minimum atomic E-state index is -0.187. The number of aryl methyl sites for hydroxylation is 1. The summed E-state index contributed by atoms with van der Waals surface area (Å²) < 4.78 is 0. The van der Waals surface area contributed by atoms with E-state index >= 15 is 0 Å². The molecule has 4 aliphatic rings. The Bertz CT molecular complexity index is 1020. The summed E-state index contributed by atoms with van der Waals surface area (Å²) in [6.07, 6.45) is 28.8. The van der Waals surface area contributed by atoms with Gasteiger partial charge in [-0.15, -0.1) is 0 Å². The molecule has 40 heavy (non-hydrogen) atoms. The SMILES string of the molecule is Cc1ccc(P(C2CCCCC2)C2CCCCC2)nc1-c1cccc(P(C2CCCCC2)C2CCCCC2)n1.[B]. The molecule has 0 spiro atoms. The zero-order valence-corrected chi connectivity index (χ0v) is 27.0. The van der Waals surface area contributed by atoms with Gasteiger partial charge in [0.25, 0.3) is 0 Å². The first-order chi connectivity index (χ1) is 19.3. The second-order valence-corrected chi connectivity index (χ2v) is 18.7. The summed E-state index contributed by atoms with van der Waals surface area (Å²) in [6, 6.07) is 11.9. The Morgan fingerprint density at radius 1 is 0.500 bits per heavy atom. The van der Waals surface area contributed by atoms with Crippen molar-refractivity contribution in [1.29, 1.82) is 0 Å². The molecule has 4 fully saturated rings. The molecule has 0 atom stereocenters. The van der Waals surface area contributed by atoms with Gasteiger partial charge in [-0.05, 0) is 121 Å². The quantitative estimate of drug-likeness (QED) is 0.244. The Hall–Kier alpha value is -0.775. The molecule has 5 heteroatoms. The fourth-order valence-electron chi connectivity index (χ4n) is 8.40. The van der Waals surface area contributed by atoms with Gasteiger partial charge in [0, 0.05) is 8.41 Å². The third-order valence-corrected chi connectivity index (χ3v) is 17.2. The standard InChI is InChI=1S/C35H52N2P2.B/c1-27-25-26-34(39(30-19-10-4-11-20-30)31-21-12-5-13-22-31)37-35(27)32-23-14-24-33(36-32)38(28-15-6-2-7-16-28)29-17-8-3-9-18-29;/h14,23-26,28-31H,2-13,15-22H2,1H3;. The molecule has 2 heterocycles. The molecule has 0 amide bonds. The first-order valence-electron chi connectivity index (χ1n) is 16.8. The van der Waals surface area contributed by atoms with Crippen molar-refractivity contribution in [3.05, 3.63) is 35.9 Å². The lowest BCUT2D eigenvalue weighted by atomic mass is 9.99. The average molecular weight is 574 g/mol. The van der Waals surface area contributed by atoms with Crippen LogP contribution in [0.5, 0.6) is 0 Å². The number of aromatic nitrogens is 2. The lowest BCUT2D eigenvalue weighted by Gasteiger charge is -2.38. The molecule has 4 aliphatic carbocycles. The average Bonchev–Trinajstić information content (AvgIpc) is 3.01. The van der Waals surface area contributed by atoms with Crippen LogP contribution in [0.25, 0.3) is 11.4 Å². The highest BCUT2D eigenvalue weighted by atomic mass is 31.1. The van der Waals surface area contributed by atoms with Crippen LogP contribution >= 0.6 is 15.8 Å². The molecule has 3 radical (unpaired) electrons. The van der Waals surface area contributed by atoms with E-state index in [-0.39, 0.29) is 24.3 Å². The van der Waals surface area contributed by atoms with E-state index in [0.717, 1.165) is 28.3 Å². The maximum atomic E-state index is 5.59. The van der Waals surface area contributed by atoms with E-state index in [4.69, 9.17) is 9.97 Å². The van der Waals surface area contributed by atoms with Gasteiger partial charge < -0.3 is 0 Å². The molecular formula is C35H52BN2P2.